The number of hydrogen-bond donors (Lipinski definition) is 1. The number of benzene rings is 1. The van der Waals surface area contributed by atoms with E-state index in [2.05, 4.69) is 4.98 Å². The number of thiazole rings is 1. The van der Waals surface area contributed by atoms with Gasteiger partial charge < -0.3 is 9.84 Å². The van der Waals surface area contributed by atoms with E-state index in [1.54, 1.807) is 17.5 Å². The van der Waals surface area contributed by atoms with Crippen LogP contribution in [0.2, 0.25) is 0 Å². The van der Waals surface area contributed by atoms with Crippen LogP contribution in [-0.4, -0.2) is 10.1 Å². The molecule has 0 unspecified atom stereocenters. The van der Waals surface area contributed by atoms with Crippen LogP contribution in [0, 0.1) is 0 Å². The summed E-state index contributed by atoms with van der Waals surface area (Å²) >= 11 is 1.56. The summed E-state index contributed by atoms with van der Waals surface area (Å²) in [5.41, 5.74) is 0.839. The zero-order valence-electron chi connectivity index (χ0n) is 9.67. The maximum Gasteiger partial charge on any atom is 0.140 e. The molecule has 1 aromatic heterocycles. The molecule has 90 valence electrons. The van der Waals surface area contributed by atoms with Gasteiger partial charge in [0, 0.05) is 17.1 Å². The Labute approximate surface area is 105 Å². The van der Waals surface area contributed by atoms with Crippen LogP contribution in [-0.2, 0) is 6.61 Å². The summed E-state index contributed by atoms with van der Waals surface area (Å²) in [5.74, 6) is 0.733. The van der Waals surface area contributed by atoms with Crippen LogP contribution in [0.4, 0.5) is 0 Å². The number of aromatic nitrogens is 1. The molecule has 3 nitrogen and oxygen atoms in total. The van der Waals surface area contributed by atoms with E-state index >= 15 is 0 Å². The highest BCUT2D eigenvalue weighted by molar-refractivity contribution is 7.09. The second-order valence-corrected chi connectivity index (χ2v) is 4.66. The topological polar surface area (TPSA) is 42.4 Å². The van der Waals surface area contributed by atoms with E-state index in [0.29, 0.717) is 13.0 Å². The summed E-state index contributed by atoms with van der Waals surface area (Å²) in [4.78, 5) is 4.16. The summed E-state index contributed by atoms with van der Waals surface area (Å²) < 4.78 is 5.69. The van der Waals surface area contributed by atoms with Gasteiger partial charge in [-0.3, -0.25) is 0 Å². The van der Waals surface area contributed by atoms with Crippen molar-refractivity contribution in [3.05, 3.63) is 46.4 Å². The van der Waals surface area contributed by atoms with Crippen molar-refractivity contribution in [3.63, 3.8) is 0 Å². The van der Waals surface area contributed by atoms with Crippen molar-refractivity contribution in [2.24, 2.45) is 0 Å². The molecule has 1 heterocycles. The summed E-state index contributed by atoms with van der Waals surface area (Å²) in [6.45, 7) is 2.40. The highest BCUT2D eigenvalue weighted by atomic mass is 32.1. The molecule has 4 heteroatoms. The Morgan fingerprint density at radius 1 is 1.41 bits per heavy atom. The minimum Gasteiger partial charge on any atom is -0.486 e. The lowest BCUT2D eigenvalue weighted by Gasteiger charge is -2.14. The van der Waals surface area contributed by atoms with Crippen LogP contribution in [0.15, 0.2) is 35.8 Å². The van der Waals surface area contributed by atoms with E-state index < -0.39 is 6.10 Å². The van der Waals surface area contributed by atoms with Crippen LogP contribution in [0.3, 0.4) is 0 Å². The van der Waals surface area contributed by atoms with E-state index in [0.717, 1.165) is 16.3 Å². The molecule has 1 aromatic carbocycles. The molecule has 0 spiro atoms. The van der Waals surface area contributed by atoms with Crippen molar-refractivity contribution < 1.29 is 9.84 Å². The van der Waals surface area contributed by atoms with Crippen LogP contribution in [0.1, 0.15) is 30.0 Å². The number of ether oxygens (including phenoxy) is 1. The van der Waals surface area contributed by atoms with E-state index in [1.165, 1.54) is 0 Å². The van der Waals surface area contributed by atoms with Gasteiger partial charge in [0.25, 0.3) is 0 Å². The Hall–Kier alpha value is -1.39. The average Bonchev–Trinajstić information content (AvgIpc) is 2.89. The zero-order valence-corrected chi connectivity index (χ0v) is 10.5. The maximum atomic E-state index is 9.87. The summed E-state index contributed by atoms with van der Waals surface area (Å²) in [7, 11) is 0. The number of hydrogen-bond acceptors (Lipinski definition) is 4. The molecular weight excluding hydrogens is 234 g/mol. The second-order valence-electron chi connectivity index (χ2n) is 3.68. The Morgan fingerprint density at radius 3 is 2.94 bits per heavy atom. The average molecular weight is 249 g/mol. The van der Waals surface area contributed by atoms with Gasteiger partial charge in [-0.1, -0.05) is 25.1 Å². The van der Waals surface area contributed by atoms with Crippen LogP contribution >= 0.6 is 11.3 Å². The van der Waals surface area contributed by atoms with Gasteiger partial charge in [0.1, 0.15) is 17.4 Å². The van der Waals surface area contributed by atoms with Gasteiger partial charge in [0.05, 0.1) is 6.10 Å². The molecule has 1 atom stereocenters. The zero-order chi connectivity index (χ0) is 12.1. The lowest BCUT2D eigenvalue weighted by Crippen LogP contribution is -2.02. The largest absolute Gasteiger partial charge is 0.486 e. The maximum absolute atomic E-state index is 9.87. The first-order valence-corrected chi connectivity index (χ1v) is 6.47. The fourth-order valence-electron chi connectivity index (χ4n) is 1.57. The molecule has 0 bridgehead atoms. The van der Waals surface area contributed by atoms with Crippen LogP contribution in [0.5, 0.6) is 5.75 Å². The third-order valence-corrected chi connectivity index (χ3v) is 3.25. The van der Waals surface area contributed by atoms with Crippen LogP contribution in [0.25, 0.3) is 0 Å². The molecule has 0 aliphatic carbocycles. The summed E-state index contributed by atoms with van der Waals surface area (Å²) in [6, 6.07) is 7.58. The van der Waals surface area contributed by atoms with Gasteiger partial charge in [-0.15, -0.1) is 11.3 Å². The Kier molecular flexibility index (Phi) is 4.12. The monoisotopic (exact) mass is 249 g/mol. The van der Waals surface area contributed by atoms with Gasteiger partial charge in [-0.05, 0) is 12.5 Å². The van der Waals surface area contributed by atoms with E-state index in [4.69, 9.17) is 4.74 Å². The van der Waals surface area contributed by atoms with Gasteiger partial charge in [-0.2, -0.15) is 0 Å². The molecule has 0 fully saturated rings. The highest BCUT2D eigenvalue weighted by Gasteiger charge is 2.11. The first kappa shape index (κ1) is 12.1. The van der Waals surface area contributed by atoms with E-state index in [9.17, 15) is 5.11 Å². The first-order valence-electron chi connectivity index (χ1n) is 5.59. The molecule has 1 N–H and O–H groups in total. The van der Waals surface area contributed by atoms with Crippen molar-refractivity contribution in [2.75, 3.05) is 0 Å². The quantitative estimate of drug-likeness (QED) is 0.885. The van der Waals surface area contributed by atoms with Crippen molar-refractivity contribution in [1.82, 2.24) is 4.98 Å². The standard InChI is InChI=1S/C13H15NO2S/c1-2-11(15)10-5-3-4-6-12(10)16-9-13-14-7-8-17-13/h3-8,11,15H,2,9H2,1H3/t11-/m1/s1. The van der Waals surface area contributed by atoms with E-state index in [1.807, 2.05) is 36.6 Å². The number of aliphatic hydroxyl groups excluding tert-OH is 1. The Morgan fingerprint density at radius 2 is 2.24 bits per heavy atom. The molecule has 0 saturated heterocycles. The number of rotatable bonds is 5. The smallest absolute Gasteiger partial charge is 0.140 e. The predicted molar refractivity (Wildman–Crippen MR) is 68.1 cm³/mol. The second kappa shape index (κ2) is 5.80. The Bertz CT molecular complexity index is 456. The third-order valence-electron chi connectivity index (χ3n) is 2.50. The van der Waals surface area contributed by atoms with Crippen LogP contribution < -0.4 is 4.74 Å². The third kappa shape index (κ3) is 3.05. The number of aliphatic hydroxyl groups is 1. The predicted octanol–water partition coefficient (Wildman–Crippen LogP) is 3.17. The van der Waals surface area contributed by atoms with Gasteiger partial charge in [0.15, 0.2) is 0 Å². The van der Waals surface area contributed by atoms with E-state index in [-0.39, 0.29) is 0 Å². The summed E-state index contributed by atoms with van der Waals surface area (Å²) in [6.07, 6.45) is 1.97. The van der Waals surface area contributed by atoms with Crippen molar-refractivity contribution in [1.29, 1.82) is 0 Å². The molecule has 0 aliphatic heterocycles. The molecule has 0 aliphatic rings. The lowest BCUT2D eigenvalue weighted by molar-refractivity contribution is 0.166. The van der Waals surface area contributed by atoms with Crippen molar-refractivity contribution in [3.8, 4) is 5.75 Å². The number of nitrogens with zero attached hydrogens (tertiary/aromatic N) is 1. The molecule has 0 saturated carbocycles. The fraction of sp³-hybridized carbons (Fsp3) is 0.308. The Balaban J connectivity index is 2.09. The first-order chi connectivity index (χ1) is 8.31. The van der Waals surface area contributed by atoms with Gasteiger partial charge in [-0.25, -0.2) is 4.98 Å². The van der Waals surface area contributed by atoms with Gasteiger partial charge >= 0.3 is 0 Å². The van der Waals surface area contributed by atoms with Crippen molar-refractivity contribution in [2.45, 2.75) is 26.1 Å². The molecule has 0 amide bonds. The molecule has 2 aromatic rings. The normalized spacial score (nSPS) is 12.4. The fourth-order valence-corrected chi connectivity index (χ4v) is 2.10. The minimum atomic E-state index is -0.470. The highest BCUT2D eigenvalue weighted by Crippen LogP contribution is 2.27. The molecule has 2 rings (SSSR count). The molecular formula is C13H15NO2S. The molecule has 0 radical (unpaired) electrons. The summed E-state index contributed by atoms with van der Waals surface area (Å²) in [5, 5.41) is 12.7. The lowest BCUT2D eigenvalue weighted by atomic mass is 10.1. The number of para-hydroxylation sites is 1. The minimum absolute atomic E-state index is 0.450. The van der Waals surface area contributed by atoms with Gasteiger partial charge in [0.2, 0.25) is 0 Å². The van der Waals surface area contributed by atoms with Crippen molar-refractivity contribution >= 4 is 11.3 Å². The molecule has 17 heavy (non-hydrogen) atoms. The SMILES string of the molecule is CC[C@@H](O)c1ccccc1OCc1nccs1.